The maximum Gasteiger partial charge on any atom is 0.262 e. The van der Waals surface area contributed by atoms with Crippen molar-refractivity contribution >= 4 is 17.3 Å². The molecule has 1 amide bonds. The van der Waals surface area contributed by atoms with E-state index in [2.05, 4.69) is 0 Å². The van der Waals surface area contributed by atoms with Gasteiger partial charge in [-0.25, -0.2) is 0 Å². The molecule has 0 aliphatic heterocycles. The third-order valence-corrected chi connectivity index (χ3v) is 3.00. The van der Waals surface area contributed by atoms with Crippen molar-refractivity contribution in [2.24, 2.45) is 0 Å². The fraction of sp³-hybridized carbons (Fsp3) is 0. The number of carbonyl (C=O) groups is 1. The van der Waals surface area contributed by atoms with Crippen molar-refractivity contribution in [3.05, 3.63) is 84.8 Å². The Balaban J connectivity index is 2.05. The second-order valence-corrected chi connectivity index (χ2v) is 4.32. The summed E-state index contributed by atoms with van der Waals surface area (Å²) in [4.78, 5) is 14.4. The van der Waals surface area contributed by atoms with Gasteiger partial charge in [0.2, 0.25) is 0 Å². The summed E-state index contributed by atoms with van der Waals surface area (Å²) in [5.74, 6) is -0.0850. The van der Waals surface area contributed by atoms with Gasteiger partial charge in [-0.3, -0.25) is 9.69 Å². The second kappa shape index (κ2) is 5.45. The number of nitrogens with zero attached hydrogens (tertiary/aromatic N) is 1. The fourth-order valence-electron chi connectivity index (χ4n) is 2.05. The molecule has 0 aliphatic rings. The van der Waals surface area contributed by atoms with E-state index in [0.29, 0.717) is 11.3 Å². The summed E-state index contributed by atoms with van der Waals surface area (Å²) in [5.41, 5.74) is 2.16. The van der Waals surface area contributed by atoms with Crippen molar-refractivity contribution in [2.45, 2.75) is 0 Å². The van der Waals surface area contributed by atoms with E-state index in [1.165, 1.54) is 0 Å². The third-order valence-electron chi connectivity index (χ3n) is 3.00. The smallest absolute Gasteiger partial charge is 0.262 e. The SMILES string of the molecule is O=C(c1ccccc1)N(c1ccccc1)c1ccoc1. The molecular weight excluding hydrogens is 250 g/mol. The lowest BCUT2D eigenvalue weighted by atomic mass is 10.1. The Labute approximate surface area is 117 Å². The molecule has 0 radical (unpaired) electrons. The zero-order valence-corrected chi connectivity index (χ0v) is 10.8. The van der Waals surface area contributed by atoms with Crippen LogP contribution < -0.4 is 4.90 Å². The number of hydrogen-bond acceptors (Lipinski definition) is 2. The Kier molecular flexibility index (Phi) is 3.33. The molecule has 0 aliphatic carbocycles. The predicted octanol–water partition coefficient (Wildman–Crippen LogP) is 4.26. The van der Waals surface area contributed by atoms with Gasteiger partial charge in [0.15, 0.2) is 0 Å². The van der Waals surface area contributed by atoms with Gasteiger partial charge in [-0.05, 0) is 24.3 Å². The maximum atomic E-state index is 12.7. The van der Waals surface area contributed by atoms with Crippen LogP contribution >= 0.6 is 0 Å². The molecule has 1 heterocycles. The zero-order valence-electron chi connectivity index (χ0n) is 10.8. The minimum Gasteiger partial charge on any atom is -0.470 e. The van der Waals surface area contributed by atoms with E-state index < -0.39 is 0 Å². The number of benzene rings is 2. The Morgan fingerprint density at radius 1 is 0.800 bits per heavy atom. The van der Waals surface area contributed by atoms with Crippen LogP contribution in [-0.4, -0.2) is 5.91 Å². The molecular formula is C17H13NO2. The van der Waals surface area contributed by atoms with Gasteiger partial charge in [0.05, 0.1) is 12.0 Å². The minimum atomic E-state index is -0.0850. The average Bonchev–Trinajstić information content (AvgIpc) is 3.03. The van der Waals surface area contributed by atoms with Crippen molar-refractivity contribution in [1.29, 1.82) is 0 Å². The monoisotopic (exact) mass is 263 g/mol. The molecule has 0 saturated heterocycles. The summed E-state index contributed by atoms with van der Waals surface area (Å²) < 4.78 is 5.11. The van der Waals surface area contributed by atoms with Gasteiger partial charge in [0.1, 0.15) is 6.26 Å². The minimum absolute atomic E-state index is 0.0850. The molecule has 3 nitrogen and oxygen atoms in total. The average molecular weight is 263 g/mol. The lowest BCUT2D eigenvalue weighted by molar-refractivity contribution is 0.0999. The van der Waals surface area contributed by atoms with Gasteiger partial charge in [0, 0.05) is 17.3 Å². The first-order valence-electron chi connectivity index (χ1n) is 6.33. The Hall–Kier alpha value is -2.81. The lowest BCUT2D eigenvalue weighted by Crippen LogP contribution is -2.25. The number of para-hydroxylation sites is 1. The maximum absolute atomic E-state index is 12.7. The van der Waals surface area contributed by atoms with E-state index in [0.717, 1.165) is 5.69 Å². The highest BCUT2D eigenvalue weighted by Crippen LogP contribution is 2.27. The van der Waals surface area contributed by atoms with Crippen molar-refractivity contribution in [2.75, 3.05) is 4.90 Å². The topological polar surface area (TPSA) is 33.5 Å². The first kappa shape index (κ1) is 12.2. The summed E-state index contributed by atoms with van der Waals surface area (Å²) in [6.45, 7) is 0. The molecule has 0 bridgehead atoms. The van der Waals surface area contributed by atoms with Gasteiger partial charge in [-0.2, -0.15) is 0 Å². The summed E-state index contributed by atoms with van der Waals surface area (Å²) in [6.07, 6.45) is 3.12. The van der Waals surface area contributed by atoms with Gasteiger partial charge >= 0.3 is 0 Å². The molecule has 3 rings (SSSR count). The van der Waals surface area contributed by atoms with Gasteiger partial charge in [-0.15, -0.1) is 0 Å². The number of rotatable bonds is 3. The highest BCUT2D eigenvalue weighted by atomic mass is 16.3. The molecule has 0 spiro atoms. The largest absolute Gasteiger partial charge is 0.470 e. The molecule has 0 fully saturated rings. The molecule has 20 heavy (non-hydrogen) atoms. The van der Waals surface area contributed by atoms with E-state index in [1.807, 2.05) is 48.5 Å². The first-order valence-corrected chi connectivity index (χ1v) is 6.33. The van der Waals surface area contributed by atoms with Crippen molar-refractivity contribution in [3.8, 4) is 0 Å². The van der Waals surface area contributed by atoms with Crippen LogP contribution in [0, 0.1) is 0 Å². The Morgan fingerprint density at radius 3 is 2.05 bits per heavy atom. The van der Waals surface area contributed by atoms with Crippen molar-refractivity contribution in [1.82, 2.24) is 0 Å². The van der Waals surface area contributed by atoms with Gasteiger partial charge < -0.3 is 4.42 Å². The lowest BCUT2D eigenvalue weighted by Gasteiger charge is -2.21. The summed E-state index contributed by atoms with van der Waals surface area (Å²) in [7, 11) is 0. The highest BCUT2D eigenvalue weighted by molar-refractivity contribution is 6.10. The number of anilines is 2. The summed E-state index contributed by atoms with van der Waals surface area (Å²) in [5, 5.41) is 0. The second-order valence-electron chi connectivity index (χ2n) is 4.32. The number of amides is 1. The van der Waals surface area contributed by atoms with E-state index in [1.54, 1.807) is 35.6 Å². The fourth-order valence-corrected chi connectivity index (χ4v) is 2.05. The van der Waals surface area contributed by atoms with E-state index in [9.17, 15) is 4.79 Å². The third kappa shape index (κ3) is 2.34. The number of furan rings is 1. The van der Waals surface area contributed by atoms with Crippen LogP contribution in [0.5, 0.6) is 0 Å². The van der Waals surface area contributed by atoms with Gasteiger partial charge in [-0.1, -0.05) is 36.4 Å². The molecule has 3 heteroatoms. The van der Waals surface area contributed by atoms with Gasteiger partial charge in [0.25, 0.3) is 5.91 Å². The molecule has 98 valence electrons. The van der Waals surface area contributed by atoms with Crippen LogP contribution in [0.25, 0.3) is 0 Å². The van der Waals surface area contributed by atoms with Crippen LogP contribution in [0.2, 0.25) is 0 Å². The molecule has 0 atom stereocenters. The van der Waals surface area contributed by atoms with E-state index in [4.69, 9.17) is 4.42 Å². The van der Waals surface area contributed by atoms with Crippen LogP contribution in [0.15, 0.2) is 83.7 Å². The van der Waals surface area contributed by atoms with Crippen LogP contribution in [0.4, 0.5) is 11.4 Å². The van der Waals surface area contributed by atoms with Crippen molar-refractivity contribution in [3.63, 3.8) is 0 Å². The van der Waals surface area contributed by atoms with Crippen molar-refractivity contribution < 1.29 is 9.21 Å². The Morgan fingerprint density at radius 2 is 1.45 bits per heavy atom. The summed E-state index contributed by atoms with van der Waals surface area (Å²) in [6, 6.07) is 20.5. The number of carbonyl (C=O) groups excluding carboxylic acids is 1. The molecule has 3 aromatic rings. The highest BCUT2D eigenvalue weighted by Gasteiger charge is 2.20. The number of hydrogen-bond donors (Lipinski definition) is 0. The normalized spacial score (nSPS) is 10.2. The molecule has 0 unspecified atom stereocenters. The zero-order chi connectivity index (χ0) is 13.8. The molecule has 1 aromatic heterocycles. The predicted molar refractivity (Wildman–Crippen MR) is 78.1 cm³/mol. The van der Waals surface area contributed by atoms with E-state index in [-0.39, 0.29) is 5.91 Å². The van der Waals surface area contributed by atoms with Crippen LogP contribution in [0.1, 0.15) is 10.4 Å². The first-order chi connectivity index (χ1) is 9.86. The standard InChI is InChI=1S/C17H13NO2/c19-17(14-7-3-1-4-8-14)18(16-11-12-20-13-16)15-9-5-2-6-10-15/h1-13H. The molecule has 2 aromatic carbocycles. The quantitative estimate of drug-likeness (QED) is 0.707. The van der Waals surface area contributed by atoms with E-state index >= 15 is 0 Å². The molecule has 0 N–H and O–H groups in total. The molecule has 0 saturated carbocycles. The summed E-state index contributed by atoms with van der Waals surface area (Å²) >= 11 is 0. The van der Waals surface area contributed by atoms with Crippen LogP contribution in [0.3, 0.4) is 0 Å². The Bertz CT molecular complexity index is 676. The van der Waals surface area contributed by atoms with Crippen LogP contribution in [-0.2, 0) is 0 Å².